The highest BCUT2D eigenvalue weighted by Crippen LogP contribution is 2.38. The lowest BCUT2D eigenvalue weighted by atomic mass is 9.78. The first-order chi connectivity index (χ1) is 13.3. The van der Waals surface area contributed by atoms with Crippen molar-refractivity contribution in [3.8, 4) is 11.8 Å². The van der Waals surface area contributed by atoms with Crippen LogP contribution in [0.5, 0.6) is 0 Å². The highest BCUT2D eigenvalue weighted by Gasteiger charge is 2.34. The van der Waals surface area contributed by atoms with E-state index >= 15 is 0 Å². The van der Waals surface area contributed by atoms with E-state index < -0.39 is 0 Å². The van der Waals surface area contributed by atoms with Crippen molar-refractivity contribution in [3.05, 3.63) is 69.2 Å². The fourth-order valence-corrected chi connectivity index (χ4v) is 3.42. The topological polar surface area (TPSA) is 72.2 Å². The third-order valence-electron chi connectivity index (χ3n) is 4.93. The lowest BCUT2D eigenvalue weighted by Crippen LogP contribution is -2.42. The van der Waals surface area contributed by atoms with Crippen LogP contribution in [0.1, 0.15) is 37.4 Å². The summed E-state index contributed by atoms with van der Waals surface area (Å²) in [7, 11) is 0. The van der Waals surface area contributed by atoms with E-state index in [1.807, 2.05) is 43.0 Å². The van der Waals surface area contributed by atoms with Crippen LogP contribution in [0.3, 0.4) is 0 Å². The number of hydrogen-bond acceptors (Lipinski definition) is 5. The molecule has 0 unspecified atom stereocenters. The van der Waals surface area contributed by atoms with E-state index in [9.17, 15) is 10.1 Å². The lowest BCUT2D eigenvalue weighted by Gasteiger charge is -2.40. The standard InChI is InChI=1S/C22H24N4O2/c1-16-7-5-9-19(23-16)10-6-8-18-13-14-25(15-22(18,3)4)21-20(26(27)28)12-11-17(2)24-21/h5,7-9,11-12H,13-15H2,1-4H3/b18-8+. The molecule has 1 aliphatic heterocycles. The van der Waals surface area contributed by atoms with Gasteiger partial charge < -0.3 is 4.90 Å². The van der Waals surface area contributed by atoms with Crippen molar-refractivity contribution in [3.63, 3.8) is 0 Å². The predicted octanol–water partition coefficient (Wildman–Crippen LogP) is 4.22. The molecular weight excluding hydrogens is 352 g/mol. The molecule has 0 saturated carbocycles. The van der Waals surface area contributed by atoms with Crippen molar-refractivity contribution in [2.45, 2.75) is 34.1 Å². The molecule has 0 atom stereocenters. The first kappa shape index (κ1) is 19.6. The molecule has 6 nitrogen and oxygen atoms in total. The highest BCUT2D eigenvalue weighted by atomic mass is 16.6. The van der Waals surface area contributed by atoms with E-state index in [0.717, 1.165) is 23.5 Å². The predicted molar refractivity (Wildman–Crippen MR) is 110 cm³/mol. The summed E-state index contributed by atoms with van der Waals surface area (Å²) >= 11 is 0. The van der Waals surface area contributed by atoms with E-state index in [-0.39, 0.29) is 16.0 Å². The number of nitrogens with zero attached hydrogens (tertiary/aromatic N) is 4. The molecule has 0 N–H and O–H groups in total. The average molecular weight is 376 g/mol. The summed E-state index contributed by atoms with van der Waals surface area (Å²) < 4.78 is 0. The van der Waals surface area contributed by atoms with Crippen molar-refractivity contribution in [2.75, 3.05) is 18.0 Å². The van der Waals surface area contributed by atoms with E-state index in [1.54, 1.807) is 6.07 Å². The first-order valence-electron chi connectivity index (χ1n) is 9.28. The quantitative estimate of drug-likeness (QED) is 0.446. The zero-order valence-electron chi connectivity index (χ0n) is 16.7. The van der Waals surface area contributed by atoms with Crippen molar-refractivity contribution >= 4 is 11.5 Å². The Hall–Kier alpha value is -3.20. The van der Waals surface area contributed by atoms with Gasteiger partial charge in [0, 0.05) is 36.0 Å². The smallest absolute Gasteiger partial charge is 0.311 e. The molecule has 144 valence electrons. The second-order valence-electron chi connectivity index (χ2n) is 7.71. The Morgan fingerprint density at radius 2 is 1.93 bits per heavy atom. The number of nitro groups is 1. The average Bonchev–Trinajstić information content (AvgIpc) is 2.62. The number of hydrogen-bond donors (Lipinski definition) is 0. The number of rotatable bonds is 2. The van der Waals surface area contributed by atoms with Crippen molar-refractivity contribution in [2.24, 2.45) is 5.41 Å². The Bertz CT molecular complexity index is 999. The zero-order chi connectivity index (χ0) is 20.3. The molecule has 2 aromatic heterocycles. The van der Waals surface area contributed by atoms with E-state index in [2.05, 4.69) is 35.7 Å². The highest BCUT2D eigenvalue weighted by molar-refractivity contribution is 5.59. The minimum absolute atomic E-state index is 0.0548. The van der Waals surface area contributed by atoms with Gasteiger partial charge in [-0.05, 0) is 50.5 Å². The maximum Gasteiger partial charge on any atom is 0.311 e. The normalized spacial score (nSPS) is 17.1. The molecule has 0 radical (unpaired) electrons. The minimum atomic E-state index is -0.361. The van der Waals surface area contributed by atoms with E-state index in [4.69, 9.17) is 0 Å². The Morgan fingerprint density at radius 1 is 1.18 bits per heavy atom. The number of anilines is 1. The van der Waals surface area contributed by atoms with Gasteiger partial charge in [0.05, 0.1) is 4.92 Å². The number of pyridine rings is 2. The number of aryl methyl sites for hydroxylation is 2. The molecule has 3 heterocycles. The lowest BCUT2D eigenvalue weighted by molar-refractivity contribution is -0.384. The van der Waals surface area contributed by atoms with Gasteiger partial charge in [0.15, 0.2) is 0 Å². The van der Waals surface area contributed by atoms with Gasteiger partial charge in [-0.25, -0.2) is 9.97 Å². The first-order valence-corrected chi connectivity index (χ1v) is 9.28. The van der Waals surface area contributed by atoms with Crippen LogP contribution in [0.15, 0.2) is 42.0 Å². The number of piperidine rings is 1. The molecule has 0 amide bonds. The number of aromatic nitrogens is 2. The van der Waals surface area contributed by atoms with Crippen LogP contribution in [0.4, 0.5) is 11.5 Å². The van der Waals surface area contributed by atoms with Crippen LogP contribution in [0, 0.1) is 41.2 Å². The SMILES string of the molecule is Cc1cccc(C#C/C=C2\CCN(c3nc(C)ccc3[N+](=O)[O-])CC2(C)C)n1. The Morgan fingerprint density at radius 3 is 2.61 bits per heavy atom. The molecule has 6 heteroatoms. The molecule has 0 aromatic carbocycles. The van der Waals surface area contributed by atoms with Crippen LogP contribution in [0.2, 0.25) is 0 Å². The van der Waals surface area contributed by atoms with Gasteiger partial charge >= 0.3 is 5.69 Å². The maximum atomic E-state index is 11.4. The van der Waals surface area contributed by atoms with Crippen molar-refractivity contribution < 1.29 is 4.92 Å². The van der Waals surface area contributed by atoms with Crippen LogP contribution >= 0.6 is 0 Å². The molecule has 2 aromatic rings. The summed E-state index contributed by atoms with van der Waals surface area (Å²) in [5.74, 6) is 6.67. The van der Waals surface area contributed by atoms with Gasteiger partial charge in [0.1, 0.15) is 5.69 Å². The van der Waals surface area contributed by atoms with Gasteiger partial charge in [-0.1, -0.05) is 31.4 Å². The minimum Gasteiger partial charge on any atom is -0.350 e. The van der Waals surface area contributed by atoms with Crippen LogP contribution in [0.25, 0.3) is 0 Å². The van der Waals surface area contributed by atoms with Crippen molar-refractivity contribution in [1.82, 2.24) is 9.97 Å². The summed E-state index contributed by atoms with van der Waals surface area (Å²) in [6, 6.07) is 9.01. The molecule has 0 spiro atoms. The van der Waals surface area contributed by atoms with Crippen molar-refractivity contribution in [1.29, 1.82) is 0 Å². The van der Waals surface area contributed by atoms with Gasteiger partial charge in [0.2, 0.25) is 5.82 Å². The third kappa shape index (κ3) is 4.37. The molecule has 3 rings (SSSR count). The van der Waals surface area contributed by atoms with Gasteiger partial charge in [-0.2, -0.15) is 0 Å². The fourth-order valence-electron chi connectivity index (χ4n) is 3.42. The second kappa shape index (κ2) is 7.81. The summed E-state index contributed by atoms with van der Waals surface area (Å²) in [5, 5.41) is 11.4. The van der Waals surface area contributed by atoms with Crippen LogP contribution in [-0.4, -0.2) is 28.0 Å². The van der Waals surface area contributed by atoms with E-state index in [1.165, 1.54) is 11.6 Å². The molecule has 28 heavy (non-hydrogen) atoms. The fraction of sp³-hybridized carbons (Fsp3) is 0.364. The van der Waals surface area contributed by atoms with E-state index in [0.29, 0.717) is 18.9 Å². The Kier molecular flexibility index (Phi) is 5.46. The van der Waals surface area contributed by atoms with Crippen LogP contribution in [-0.2, 0) is 0 Å². The number of allylic oxidation sites excluding steroid dienone is 1. The molecule has 1 aliphatic rings. The van der Waals surface area contributed by atoms with Crippen LogP contribution < -0.4 is 4.90 Å². The summed E-state index contributed by atoms with van der Waals surface area (Å²) in [6.07, 6.45) is 2.76. The zero-order valence-corrected chi connectivity index (χ0v) is 16.7. The third-order valence-corrected chi connectivity index (χ3v) is 4.93. The summed E-state index contributed by atoms with van der Waals surface area (Å²) in [4.78, 5) is 21.9. The molecule has 1 saturated heterocycles. The Balaban J connectivity index is 1.82. The largest absolute Gasteiger partial charge is 0.350 e. The van der Waals surface area contributed by atoms with Gasteiger partial charge in [-0.3, -0.25) is 10.1 Å². The summed E-state index contributed by atoms with van der Waals surface area (Å²) in [5.41, 5.74) is 3.60. The van der Waals surface area contributed by atoms with Gasteiger partial charge in [0.25, 0.3) is 0 Å². The molecule has 0 aliphatic carbocycles. The second-order valence-corrected chi connectivity index (χ2v) is 7.71. The molecule has 1 fully saturated rings. The monoisotopic (exact) mass is 376 g/mol. The molecular formula is C22H24N4O2. The Labute approximate surface area is 165 Å². The summed E-state index contributed by atoms with van der Waals surface area (Å²) in [6.45, 7) is 9.40. The molecule has 0 bridgehead atoms. The maximum absolute atomic E-state index is 11.4. The van der Waals surface area contributed by atoms with Gasteiger partial charge in [-0.15, -0.1) is 0 Å².